The van der Waals surface area contributed by atoms with Crippen molar-refractivity contribution in [3.8, 4) is 17.0 Å². The zero-order chi connectivity index (χ0) is 26.8. The second kappa shape index (κ2) is 10.3. The molecular weight excluding hydrogens is 490 g/mol. The standard InChI is InChI=1S/C28H31N3O5S/c1-6-35-25(32)18-29-27-26(30-24-17-19(2)15-16-31(24)27)20-7-11-22(12-8-20)36-37(33,34)23-13-9-21(10-14-23)28(3,4)5/h7-17,29H,6,18H2,1-5H3. The highest BCUT2D eigenvalue weighted by Crippen LogP contribution is 2.31. The zero-order valence-corrected chi connectivity index (χ0v) is 22.4. The fraction of sp³-hybridized carbons (Fsp3) is 0.286. The number of nitrogens with one attached hydrogen (secondary N) is 1. The van der Waals surface area contributed by atoms with Gasteiger partial charge in [-0.25, -0.2) is 4.98 Å². The molecule has 194 valence electrons. The fourth-order valence-corrected chi connectivity index (χ4v) is 4.78. The first kappa shape index (κ1) is 26.2. The van der Waals surface area contributed by atoms with Gasteiger partial charge in [-0.05, 0) is 78.9 Å². The van der Waals surface area contributed by atoms with E-state index in [1.165, 1.54) is 0 Å². The molecule has 2 aromatic heterocycles. The normalized spacial score (nSPS) is 11.9. The van der Waals surface area contributed by atoms with E-state index >= 15 is 0 Å². The van der Waals surface area contributed by atoms with Crippen molar-refractivity contribution in [2.75, 3.05) is 18.5 Å². The number of hydrogen-bond donors (Lipinski definition) is 1. The quantitative estimate of drug-likeness (QED) is 0.246. The van der Waals surface area contributed by atoms with Crippen LogP contribution in [0.1, 0.15) is 38.8 Å². The number of pyridine rings is 1. The van der Waals surface area contributed by atoms with Crippen molar-refractivity contribution in [2.24, 2.45) is 0 Å². The molecule has 9 heteroatoms. The second-order valence-electron chi connectivity index (χ2n) is 9.74. The number of fused-ring (bicyclic) bond motifs is 1. The van der Waals surface area contributed by atoms with E-state index in [0.717, 1.165) is 16.7 Å². The number of rotatable bonds is 8. The van der Waals surface area contributed by atoms with Crippen LogP contribution < -0.4 is 9.50 Å². The molecule has 0 saturated heterocycles. The summed E-state index contributed by atoms with van der Waals surface area (Å²) in [6.07, 6.45) is 1.88. The van der Waals surface area contributed by atoms with Crippen molar-refractivity contribution in [3.63, 3.8) is 0 Å². The topological polar surface area (TPSA) is 99.0 Å². The molecule has 4 aromatic rings. The first-order chi connectivity index (χ1) is 17.5. The summed E-state index contributed by atoms with van der Waals surface area (Å²) in [7, 11) is -3.99. The Labute approximate surface area is 217 Å². The Balaban J connectivity index is 1.60. The van der Waals surface area contributed by atoms with Crippen LogP contribution in [0.15, 0.2) is 71.8 Å². The summed E-state index contributed by atoms with van der Waals surface area (Å²) in [6, 6.07) is 17.2. The number of benzene rings is 2. The van der Waals surface area contributed by atoms with Crippen molar-refractivity contribution in [1.29, 1.82) is 0 Å². The van der Waals surface area contributed by atoms with Gasteiger partial charge in [-0.3, -0.25) is 9.20 Å². The summed E-state index contributed by atoms with van der Waals surface area (Å²) in [5.74, 6) is 0.438. The average molecular weight is 522 g/mol. The number of ether oxygens (including phenoxy) is 1. The second-order valence-corrected chi connectivity index (χ2v) is 11.3. The highest BCUT2D eigenvalue weighted by Gasteiger charge is 2.20. The molecule has 0 atom stereocenters. The first-order valence-electron chi connectivity index (χ1n) is 12.0. The summed E-state index contributed by atoms with van der Waals surface area (Å²) in [5.41, 5.74) is 4.05. The molecule has 0 spiro atoms. The summed E-state index contributed by atoms with van der Waals surface area (Å²) >= 11 is 0. The largest absolute Gasteiger partial charge is 0.465 e. The van der Waals surface area contributed by atoms with Crippen LogP contribution in [0.2, 0.25) is 0 Å². The van der Waals surface area contributed by atoms with Crippen LogP contribution in [-0.4, -0.2) is 36.9 Å². The zero-order valence-electron chi connectivity index (χ0n) is 21.6. The first-order valence-corrected chi connectivity index (χ1v) is 13.4. The van der Waals surface area contributed by atoms with Crippen LogP contribution in [-0.2, 0) is 25.1 Å². The smallest absolute Gasteiger partial charge is 0.339 e. The van der Waals surface area contributed by atoms with E-state index in [1.54, 1.807) is 55.5 Å². The molecule has 0 aliphatic heterocycles. The number of carbonyl (C=O) groups excluding carboxylic acids is 1. The van der Waals surface area contributed by atoms with E-state index in [2.05, 4.69) is 26.1 Å². The Morgan fingerprint density at radius 1 is 1.03 bits per heavy atom. The third kappa shape index (κ3) is 5.94. The molecule has 0 aliphatic rings. The summed E-state index contributed by atoms with van der Waals surface area (Å²) in [5, 5.41) is 3.13. The molecule has 0 fully saturated rings. The Kier molecular flexibility index (Phi) is 7.27. The molecular formula is C28H31N3O5S. The van der Waals surface area contributed by atoms with Crippen LogP contribution in [0.3, 0.4) is 0 Å². The maximum absolute atomic E-state index is 12.8. The third-order valence-corrected chi connectivity index (χ3v) is 7.09. The lowest BCUT2D eigenvalue weighted by atomic mass is 9.87. The van der Waals surface area contributed by atoms with Gasteiger partial charge in [0.1, 0.15) is 34.3 Å². The van der Waals surface area contributed by atoms with Gasteiger partial charge in [-0.2, -0.15) is 8.42 Å². The number of aromatic nitrogens is 2. The number of hydrogen-bond acceptors (Lipinski definition) is 7. The maximum atomic E-state index is 12.8. The monoisotopic (exact) mass is 521 g/mol. The molecule has 2 aromatic carbocycles. The lowest BCUT2D eigenvalue weighted by molar-refractivity contribution is -0.140. The minimum atomic E-state index is -3.99. The number of imidazole rings is 1. The molecule has 1 N–H and O–H groups in total. The van der Waals surface area contributed by atoms with Gasteiger partial charge in [0.25, 0.3) is 0 Å². The lowest BCUT2D eigenvalue weighted by Gasteiger charge is -2.19. The molecule has 0 saturated carbocycles. The minimum absolute atomic E-state index is 0.0179. The number of anilines is 1. The van der Waals surface area contributed by atoms with Crippen molar-refractivity contribution in [3.05, 3.63) is 78.0 Å². The van der Waals surface area contributed by atoms with E-state index in [-0.39, 0.29) is 28.6 Å². The number of nitrogens with zero attached hydrogens (tertiary/aromatic N) is 2. The fourth-order valence-electron chi connectivity index (χ4n) is 3.85. The number of aryl methyl sites for hydroxylation is 1. The van der Waals surface area contributed by atoms with E-state index in [4.69, 9.17) is 13.9 Å². The van der Waals surface area contributed by atoms with Crippen molar-refractivity contribution in [1.82, 2.24) is 9.38 Å². The molecule has 4 rings (SSSR count). The number of carbonyl (C=O) groups is 1. The maximum Gasteiger partial charge on any atom is 0.339 e. The van der Waals surface area contributed by atoms with Crippen LogP contribution >= 0.6 is 0 Å². The van der Waals surface area contributed by atoms with Crippen molar-refractivity contribution < 1.29 is 22.1 Å². The van der Waals surface area contributed by atoms with Crippen LogP contribution in [0.4, 0.5) is 5.82 Å². The van der Waals surface area contributed by atoms with Gasteiger partial charge in [-0.1, -0.05) is 32.9 Å². The molecule has 0 unspecified atom stereocenters. The molecule has 0 amide bonds. The molecule has 0 bridgehead atoms. The summed E-state index contributed by atoms with van der Waals surface area (Å²) < 4.78 is 37.9. The molecule has 0 radical (unpaired) electrons. The van der Waals surface area contributed by atoms with Crippen LogP contribution in [0, 0.1) is 6.92 Å². The summed E-state index contributed by atoms with van der Waals surface area (Å²) in [4.78, 5) is 16.8. The molecule has 37 heavy (non-hydrogen) atoms. The van der Waals surface area contributed by atoms with Crippen molar-refractivity contribution >= 4 is 27.6 Å². The Hall–Kier alpha value is -3.85. The predicted molar refractivity (Wildman–Crippen MR) is 143 cm³/mol. The molecule has 2 heterocycles. The SMILES string of the molecule is CCOC(=O)CNc1c(-c2ccc(OS(=O)(=O)c3ccc(C(C)(C)C)cc3)cc2)nc2cc(C)ccn12. The van der Waals surface area contributed by atoms with E-state index in [0.29, 0.717) is 23.8 Å². The Morgan fingerprint density at radius 3 is 2.32 bits per heavy atom. The highest BCUT2D eigenvalue weighted by atomic mass is 32.2. The van der Waals surface area contributed by atoms with E-state index in [1.807, 2.05) is 29.7 Å². The van der Waals surface area contributed by atoms with Gasteiger partial charge < -0.3 is 14.2 Å². The van der Waals surface area contributed by atoms with Gasteiger partial charge in [0, 0.05) is 11.8 Å². The van der Waals surface area contributed by atoms with Crippen LogP contribution in [0.5, 0.6) is 5.75 Å². The Bertz CT molecular complexity index is 1520. The minimum Gasteiger partial charge on any atom is -0.465 e. The van der Waals surface area contributed by atoms with Crippen molar-refractivity contribution in [2.45, 2.75) is 44.9 Å². The highest BCUT2D eigenvalue weighted by molar-refractivity contribution is 7.87. The third-order valence-electron chi connectivity index (χ3n) is 5.83. The van der Waals surface area contributed by atoms with Gasteiger partial charge in [0.2, 0.25) is 0 Å². The van der Waals surface area contributed by atoms with E-state index < -0.39 is 10.1 Å². The van der Waals surface area contributed by atoms with E-state index in [9.17, 15) is 13.2 Å². The van der Waals surface area contributed by atoms with Gasteiger partial charge in [0.15, 0.2) is 0 Å². The number of esters is 1. The average Bonchev–Trinajstić information content (AvgIpc) is 3.20. The summed E-state index contributed by atoms with van der Waals surface area (Å²) in [6.45, 7) is 10.2. The molecule has 8 nitrogen and oxygen atoms in total. The van der Waals surface area contributed by atoms with Gasteiger partial charge in [0.05, 0.1) is 6.61 Å². The lowest BCUT2D eigenvalue weighted by Crippen LogP contribution is -2.17. The van der Waals surface area contributed by atoms with Gasteiger partial charge in [-0.15, -0.1) is 0 Å². The molecule has 0 aliphatic carbocycles. The predicted octanol–water partition coefficient (Wildman–Crippen LogP) is 5.35. The Morgan fingerprint density at radius 2 is 1.70 bits per heavy atom. The van der Waals surface area contributed by atoms with Crippen LogP contribution in [0.25, 0.3) is 16.9 Å². The van der Waals surface area contributed by atoms with Gasteiger partial charge >= 0.3 is 16.1 Å².